The average molecular weight is 297 g/mol. The van der Waals surface area contributed by atoms with Gasteiger partial charge in [0.15, 0.2) is 0 Å². The van der Waals surface area contributed by atoms with E-state index in [2.05, 4.69) is 15.9 Å². The van der Waals surface area contributed by atoms with Crippen molar-refractivity contribution in [1.82, 2.24) is 4.57 Å². The van der Waals surface area contributed by atoms with Crippen LogP contribution in [0.3, 0.4) is 0 Å². The summed E-state index contributed by atoms with van der Waals surface area (Å²) in [5.74, 6) is -1.02. The van der Waals surface area contributed by atoms with Crippen LogP contribution in [0.4, 0.5) is 0 Å². The molecule has 0 fully saturated rings. The number of halogens is 1. The van der Waals surface area contributed by atoms with E-state index in [1.54, 1.807) is 0 Å². The standard InChI is InChI=1S/C12H13BrN2O2/c1-2-15-9-5-3-4-8(13)7(9)6-10(15)11(14)12(16)17/h3-6,11H,2,14H2,1H3,(H,16,17). The lowest BCUT2D eigenvalue weighted by atomic mass is 10.2. The minimum absolute atomic E-state index is 0.627. The molecule has 2 aromatic rings. The predicted molar refractivity (Wildman–Crippen MR) is 69.9 cm³/mol. The highest BCUT2D eigenvalue weighted by Crippen LogP contribution is 2.29. The molecular weight excluding hydrogens is 284 g/mol. The minimum atomic E-state index is -1.02. The van der Waals surface area contributed by atoms with E-state index >= 15 is 0 Å². The summed E-state index contributed by atoms with van der Waals surface area (Å²) in [4.78, 5) is 11.0. The number of nitrogens with two attached hydrogens (primary N) is 1. The van der Waals surface area contributed by atoms with Gasteiger partial charge in [-0.3, -0.25) is 4.79 Å². The van der Waals surface area contributed by atoms with Crippen molar-refractivity contribution in [1.29, 1.82) is 0 Å². The van der Waals surface area contributed by atoms with Gasteiger partial charge < -0.3 is 15.4 Å². The summed E-state index contributed by atoms with van der Waals surface area (Å²) in [6.45, 7) is 2.66. The summed E-state index contributed by atoms with van der Waals surface area (Å²) in [6, 6.07) is 6.66. The maximum Gasteiger partial charge on any atom is 0.326 e. The lowest BCUT2D eigenvalue weighted by Crippen LogP contribution is -2.23. The second-order valence-corrected chi connectivity index (χ2v) is 4.66. The fourth-order valence-corrected chi connectivity index (χ4v) is 2.48. The molecule has 0 bridgehead atoms. The van der Waals surface area contributed by atoms with E-state index in [0.717, 1.165) is 15.4 Å². The van der Waals surface area contributed by atoms with E-state index in [0.29, 0.717) is 12.2 Å². The summed E-state index contributed by atoms with van der Waals surface area (Å²) in [6.07, 6.45) is 0. The van der Waals surface area contributed by atoms with E-state index < -0.39 is 12.0 Å². The van der Waals surface area contributed by atoms with Gasteiger partial charge in [0.05, 0.1) is 0 Å². The van der Waals surface area contributed by atoms with Crippen LogP contribution >= 0.6 is 15.9 Å². The van der Waals surface area contributed by atoms with Gasteiger partial charge in [-0.1, -0.05) is 22.0 Å². The first kappa shape index (κ1) is 12.1. The van der Waals surface area contributed by atoms with E-state index in [-0.39, 0.29) is 0 Å². The molecule has 0 spiro atoms. The summed E-state index contributed by atoms with van der Waals surface area (Å²) in [5.41, 5.74) is 7.31. The lowest BCUT2D eigenvalue weighted by Gasteiger charge is -2.11. The first-order chi connectivity index (χ1) is 8.06. The number of carboxylic acids is 1. The van der Waals surface area contributed by atoms with Crippen LogP contribution in [0.15, 0.2) is 28.7 Å². The topological polar surface area (TPSA) is 68.2 Å². The first-order valence-electron chi connectivity index (χ1n) is 5.32. The van der Waals surface area contributed by atoms with Crippen LogP contribution in [0.2, 0.25) is 0 Å². The third-order valence-corrected chi connectivity index (χ3v) is 3.52. The van der Waals surface area contributed by atoms with E-state index in [9.17, 15) is 4.79 Å². The molecule has 1 atom stereocenters. The van der Waals surface area contributed by atoms with Gasteiger partial charge in [-0.25, -0.2) is 0 Å². The predicted octanol–water partition coefficient (Wildman–Crippen LogP) is 2.51. The number of rotatable bonds is 3. The molecule has 4 nitrogen and oxygen atoms in total. The molecule has 0 radical (unpaired) electrons. The minimum Gasteiger partial charge on any atom is -0.480 e. The number of aryl methyl sites for hydroxylation is 1. The Bertz CT molecular complexity index is 577. The third-order valence-electron chi connectivity index (χ3n) is 2.83. The van der Waals surface area contributed by atoms with Gasteiger partial charge in [0.2, 0.25) is 0 Å². The van der Waals surface area contributed by atoms with Crippen molar-refractivity contribution in [3.8, 4) is 0 Å². The molecule has 5 heteroatoms. The van der Waals surface area contributed by atoms with Crippen molar-refractivity contribution in [2.45, 2.75) is 19.5 Å². The number of fused-ring (bicyclic) bond motifs is 1. The van der Waals surface area contributed by atoms with Crippen LogP contribution in [0.1, 0.15) is 18.7 Å². The lowest BCUT2D eigenvalue weighted by molar-refractivity contribution is -0.138. The number of hydrogen-bond acceptors (Lipinski definition) is 2. The quantitative estimate of drug-likeness (QED) is 0.914. The molecule has 3 N–H and O–H groups in total. The van der Waals surface area contributed by atoms with E-state index in [4.69, 9.17) is 10.8 Å². The Morgan fingerprint density at radius 2 is 2.29 bits per heavy atom. The van der Waals surface area contributed by atoms with Gasteiger partial charge in [0.1, 0.15) is 6.04 Å². The molecule has 0 aliphatic rings. The highest BCUT2D eigenvalue weighted by atomic mass is 79.9. The molecular formula is C12H13BrN2O2. The van der Waals surface area contributed by atoms with Gasteiger partial charge in [0.25, 0.3) is 0 Å². The molecule has 0 amide bonds. The molecule has 0 saturated heterocycles. The van der Waals surface area contributed by atoms with Crippen molar-refractivity contribution in [3.63, 3.8) is 0 Å². The van der Waals surface area contributed by atoms with Crippen molar-refractivity contribution in [3.05, 3.63) is 34.4 Å². The normalized spacial score (nSPS) is 12.9. The molecule has 1 heterocycles. The van der Waals surface area contributed by atoms with Crippen molar-refractivity contribution >= 4 is 32.8 Å². The molecule has 1 aromatic heterocycles. The SMILES string of the molecule is CCn1c(C(N)C(=O)O)cc2c(Br)cccc21. The molecule has 2 rings (SSSR count). The van der Waals surface area contributed by atoms with Crippen LogP contribution < -0.4 is 5.73 Å². The highest BCUT2D eigenvalue weighted by molar-refractivity contribution is 9.10. The van der Waals surface area contributed by atoms with Crippen molar-refractivity contribution < 1.29 is 9.90 Å². The molecule has 90 valence electrons. The van der Waals surface area contributed by atoms with Crippen molar-refractivity contribution in [2.24, 2.45) is 5.73 Å². The Hall–Kier alpha value is -1.33. The molecule has 0 saturated carbocycles. The molecule has 17 heavy (non-hydrogen) atoms. The molecule has 1 aromatic carbocycles. The Kier molecular flexibility index (Phi) is 3.22. The summed E-state index contributed by atoms with van der Waals surface area (Å²) in [7, 11) is 0. The van der Waals surface area contributed by atoms with Crippen LogP contribution in [0.5, 0.6) is 0 Å². The number of benzene rings is 1. The number of aliphatic carboxylic acids is 1. The van der Waals surface area contributed by atoms with Crippen LogP contribution in [-0.4, -0.2) is 15.6 Å². The number of carboxylic acid groups (broad SMARTS) is 1. The van der Waals surface area contributed by atoms with Gasteiger partial charge in [-0.05, 0) is 25.1 Å². The van der Waals surface area contributed by atoms with E-state index in [1.165, 1.54) is 0 Å². The number of carbonyl (C=O) groups is 1. The zero-order valence-electron chi connectivity index (χ0n) is 9.35. The Labute approximate surface area is 107 Å². The highest BCUT2D eigenvalue weighted by Gasteiger charge is 2.20. The van der Waals surface area contributed by atoms with Crippen molar-refractivity contribution in [2.75, 3.05) is 0 Å². The number of aromatic nitrogens is 1. The second kappa shape index (κ2) is 4.50. The molecule has 0 aliphatic carbocycles. The number of hydrogen-bond donors (Lipinski definition) is 2. The van der Waals surface area contributed by atoms with Crippen LogP contribution in [0.25, 0.3) is 10.9 Å². The number of nitrogens with zero attached hydrogens (tertiary/aromatic N) is 1. The third kappa shape index (κ3) is 1.96. The van der Waals surface area contributed by atoms with Gasteiger partial charge in [-0.2, -0.15) is 0 Å². The fourth-order valence-electron chi connectivity index (χ4n) is 2.01. The van der Waals surface area contributed by atoms with Gasteiger partial charge in [-0.15, -0.1) is 0 Å². The monoisotopic (exact) mass is 296 g/mol. The fraction of sp³-hybridized carbons (Fsp3) is 0.250. The smallest absolute Gasteiger partial charge is 0.326 e. The zero-order chi connectivity index (χ0) is 12.6. The summed E-state index contributed by atoms with van der Waals surface area (Å²) >= 11 is 3.46. The maximum atomic E-state index is 11.0. The first-order valence-corrected chi connectivity index (χ1v) is 6.11. The van der Waals surface area contributed by atoms with Gasteiger partial charge in [0, 0.05) is 27.6 Å². The summed E-state index contributed by atoms with van der Waals surface area (Å²) in [5, 5.41) is 9.99. The van der Waals surface area contributed by atoms with Crippen LogP contribution in [0, 0.1) is 0 Å². The van der Waals surface area contributed by atoms with E-state index in [1.807, 2.05) is 35.8 Å². The Morgan fingerprint density at radius 1 is 1.59 bits per heavy atom. The molecule has 1 unspecified atom stereocenters. The van der Waals surface area contributed by atoms with Gasteiger partial charge >= 0.3 is 5.97 Å². The zero-order valence-corrected chi connectivity index (χ0v) is 10.9. The summed E-state index contributed by atoms with van der Waals surface area (Å²) < 4.78 is 2.87. The largest absolute Gasteiger partial charge is 0.480 e. The Balaban J connectivity index is 2.72. The maximum absolute atomic E-state index is 11.0. The second-order valence-electron chi connectivity index (χ2n) is 3.80. The van der Waals surface area contributed by atoms with Crippen LogP contribution in [-0.2, 0) is 11.3 Å². The molecule has 0 aliphatic heterocycles. The average Bonchev–Trinajstić information content (AvgIpc) is 2.67. The Morgan fingerprint density at radius 3 is 2.88 bits per heavy atom.